The zero-order chi connectivity index (χ0) is 29.1. The number of carbonyl (C=O) groups is 1. The van der Waals surface area contributed by atoms with Gasteiger partial charge in [0.15, 0.2) is 5.96 Å². The smallest absolute Gasteiger partial charge is 0.220 e. The second kappa shape index (κ2) is 13.3. The highest BCUT2D eigenvalue weighted by molar-refractivity contribution is 5.76. The van der Waals surface area contributed by atoms with E-state index in [9.17, 15) is 20.1 Å². The van der Waals surface area contributed by atoms with Gasteiger partial charge in [0.1, 0.15) is 0 Å². The van der Waals surface area contributed by atoms with Gasteiger partial charge in [-0.05, 0) is 124 Å². The molecule has 4 aliphatic carbocycles. The summed E-state index contributed by atoms with van der Waals surface area (Å²) in [5, 5.41) is 39.9. The standard InChI is InChI=1S/C31H57N5O4/c1-19(6-9-27(40)35-14-4-12-34-13-5-15-36-29(32)33)22-7-8-23-28-24(18-26(39)31(22,23)3)30(2)11-10-21(37)16-20(30)17-25(28)38/h19-26,28,34,37-39H,4-18H2,1-3H3,(H,35,40)(H4,32,33,36)/t19-,20+,21-,22-,23+,24+,25-,26+,28+,30+,31-/m1/s1. The molecule has 11 atom stereocenters. The zero-order valence-electron chi connectivity index (χ0n) is 25.2. The third-order valence-corrected chi connectivity index (χ3v) is 12.0. The van der Waals surface area contributed by atoms with Crippen LogP contribution in [0.4, 0.5) is 0 Å². The molecule has 230 valence electrons. The largest absolute Gasteiger partial charge is 0.393 e. The minimum Gasteiger partial charge on any atom is -0.393 e. The van der Waals surface area contributed by atoms with E-state index >= 15 is 0 Å². The van der Waals surface area contributed by atoms with Crippen LogP contribution < -0.4 is 22.1 Å². The summed E-state index contributed by atoms with van der Waals surface area (Å²) in [6.07, 6.45) is 8.37. The Kier molecular flexibility index (Phi) is 10.4. The number of carbonyl (C=O) groups excluding carboxylic acids is 1. The summed E-state index contributed by atoms with van der Waals surface area (Å²) < 4.78 is 0. The number of guanidine groups is 1. The summed E-state index contributed by atoms with van der Waals surface area (Å²) in [7, 11) is 0. The Hall–Kier alpha value is -1.42. The molecule has 4 fully saturated rings. The second-order valence-corrected chi connectivity index (χ2v) is 14.2. The first kappa shape index (κ1) is 31.5. The fourth-order valence-electron chi connectivity index (χ4n) is 9.76. The number of nitrogens with zero attached hydrogens (tertiary/aromatic N) is 1. The van der Waals surface area contributed by atoms with Crippen molar-refractivity contribution in [3.05, 3.63) is 0 Å². The van der Waals surface area contributed by atoms with Crippen molar-refractivity contribution in [3.63, 3.8) is 0 Å². The number of hydrogen-bond donors (Lipinski definition) is 7. The number of aliphatic imine (C=N–C) groups is 1. The molecule has 0 radical (unpaired) electrons. The topological polar surface area (TPSA) is 166 Å². The predicted molar refractivity (Wildman–Crippen MR) is 158 cm³/mol. The van der Waals surface area contributed by atoms with Gasteiger partial charge in [0.25, 0.3) is 0 Å². The van der Waals surface area contributed by atoms with E-state index in [1.165, 1.54) is 0 Å². The van der Waals surface area contributed by atoms with Crippen LogP contribution in [-0.2, 0) is 4.79 Å². The number of fused-ring (bicyclic) bond motifs is 5. The highest BCUT2D eigenvalue weighted by Gasteiger charge is 2.65. The van der Waals surface area contributed by atoms with Crippen LogP contribution in [0.1, 0.15) is 91.4 Å². The molecule has 4 saturated carbocycles. The fraction of sp³-hybridized carbons (Fsp3) is 0.935. The molecule has 4 aliphatic rings. The van der Waals surface area contributed by atoms with Crippen LogP contribution in [0.15, 0.2) is 4.99 Å². The van der Waals surface area contributed by atoms with E-state index in [0.717, 1.165) is 77.3 Å². The lowest BCUT2D eigenvalue weighted by Crippen LogP contribution is -2.62. The average Bonchev–Trinajstić information content (AvgIpc) is 3.26. The van der Waals surface area contributed by atoms with Crippen LogP contribution in [0.2, 0.25) is 0 Å². The Morgan fingerprint density at radius 2 is 1.75 bits per heavy atom. The third kappa shape index (κ3) is 6.47. The minimum atomic E-state index is -0.385. The highest BCUT2D eigenvalue weighted by Crippen LogP contribution is 2.68. The molecule has 9 nitrogen and oxygen atoms in total. The molecule has 0 unspecified atom stereocenters. The lowest BCUT2D eigenvalue weighted by Gasteiger charge is -2.63. The van der Waals surface area contributed by atoms with Gasteiger partial charge in [-0.15, -0.1) is 0 Å². The van der Waals surface area contributed by atoms with Gasteiger partial charge in [-0.1, -0.05) is 20.8 Å². The molecule has 0 bridgehead atoms. The first-order valence-electron chi connectivity index (χ1n) is 16.1. The maximum absolute atomic E-state index is 12.6. The SMILES string of the molecule is C[C@H](CCC(=O)NCCCNCCCN=C(N)N)[C@H]1CC[C@H]2[C@@H]3[C@H](O)C[C@@H]4C[C@H](O)CC[C@]4(C)[C@H]3C[C@H](O)[C@]12C. The summed E-state index contributed by atoms with van der Waals surface area (Å²) in [6.45, 7) is 9.88. The molecule has 1 amide bonds. The van der Waals surface area contributed by atoms with Gasteiger partial charge in [-0.25, -0.2) is 0 Å². The number of nitrogens with one attached hydrogen (secondary N) is 2. The number of rotatable bonds is 12. The van der Waals surface area contributed by atoms with Crippen LogP contribution in [0, 0.1) is 46.3 Å². The number of amides is 1. The van der Waals surface area contributed by atoms with E-state index < -0.39 is 0 Å². The van der Waals surface area contributed by atoms with E-state index in [4.69, 9.17) is 11.5 Å². The second-order valence-electron chi connectivity index (χ2n) is 14.2. The molecule has 9 heteroatoms. The van der Waals surface area contributed by atoms with Crippen LogP contribution in [0.25, 0.3) is 0 Å². The summed E-state index contributed by atoms with van der Waals surface area (Å²) in [4.78, 5) is 16.5. The van der Waals surface area contributed by atoms with Gasteiger partial charge in [-0.2, -0.15) is 0 Å². The third-order valence-electron chi connectivity index (χ3n) is 12.0. The molecule has 0 spiro atoms. The van der Waals surface area contributed by atoms with Gasteiger partial charge in [0.05, 0.1) is 18.3 Å². The number of nitrogens with two attached hydrogens (primary N) is 2. The van der Waals surface area contributed by atoms with Crippen LogP contribution in [0.3, 0.4) is 0 Å². The predicted octanol–water partition coefficient (Wildman–Crippen LogP) is 2.12. The first-order chi connectivity index (χ1) is 19.0. The van der Waals surface area contributed by atoms with Gasteiger partial charge in [0, 0.05) is 19.5 Å². The Morgan fingerprint density at radius 3 is 2.50 bits per heavy atom. The summed E-state index contributed by atoms with van der Waals surface area (Å²) in [5.74, 6) is 2.12. The van der Waals surface area contributed by atoms with Gasteiger partial charge >= 0.3 is 0 Å². The van der Waals surface area contributed by atoms with Crippen LogP contribution in [0.5, 0.6) is 0 Å². The zero-order valence-corrected chi connectivity index (χ0v) is 25.2. The molecule has 0 aromatic heterocycles. The Morgan fingerprint density at radius 1 is 1.00 bits per heavy atom. The maximum Gasteiger partial charge on any atom is 0.220 e. The molecule has 0 heterocycles. The molecule has 9 N–H and O–H groups in total. The van der Waals surface area contributed by atoms with Crippen molar-refractivity contribution in [2.45, 2.75) is 110 Å². The lowest BCUT2D eigenvalue weighted by atomic mass is 9.43. The van der Waals surface area contributed by atoms with Crippen molar-refractivity contribution in [2.24, 2.45) is 62.8 Å². The van der Waals surface area contributed by atoms with Crippen molar-refractivity contribution in [3.8, 4) is 0 Å². The maximum atomic E-state index is 12.6. The molecule has 0 aromatic rings. The monoisotopic (exact) mass is 563 g/mol. The molecule has 0 aromatic carbocycles. The highest BCUT2D eigenvalue weighted by atomic mass is 16.3. The van der Waals surface area contributed by atoms with Crippen molar-refractivity contribution >= 4 is 11.9 Å². The van der Waals surface area contributed by atoms with Crippen molar-refractivity contribution < 1.29 is 20.1 Å². The quantitative estimate of drug-likeness (QED) is 0.108. The summed E-state index contributed by atoms with van der Waals surface area (Å²) in [5.41, 5.74) is 10.5. The van der Waals surface area contributed by atoms with Gasteiger partial charge in [-0.3, -0.25) is 9.79 Å². The Labute approximate surface area is 241 Å². The van der Waals surface area contributed by atoms with E-state index in [1.807, 2.05) is 0 Å². The Bertz CT molecular complexity index is 884. The molecular formula is C31H57N5O4. The van der Waals surface area contributed by atoms with E-state index in [-0.39, 0.29) is 46.9 Å². The van der Waals surface area contributed by atoms with Crippen LogP contribution in [-0.4, -0.2) is 71.7 Å². The average molecular weight is 564 g/mol. The summed E-state index contributed by atoms with van der Waals surface area (Å²) in [6, 6.07) is 0. The molecular weight excluding hydrogens is 506 g/mol. The van der Waals surface area contributed by atoms with E-state index in [2.05, 4.69) is 36.4 Å². The lowest BCUT2D eigenvalue weighted by molar-refractivity contribution is -0.207. The molecule has 0 saturated heterocycles. The van der Waals surface area contributed by atoms with E-state index in [1.54, 1.807) is 0 Å². The molecule has 0 aliphatic heterocycles. The normalized spacial score (nSPS) is 41.4. The van der Waals surface area contributed by atoms with Gasteiger partial charge < -0.3 is 37.4 Å². The number of aliphatic hydroxyl groups is 3. The minimum absolute atomic E-state index is 0.0936. The van der Waals surface area contributed by atoms with E-state index in [0.29, 0.717) is 49.1 Å². The Balaban J connectivity index is 1.25. The van der Waals surface area contributed by atoms with Crippen LogP contribution >= 0.6 is 0 Å². The summed E-state index contributed by atoms with van der Waals surface area (Å²) >= 11 is 0. The van der Waals surface area contributed by atoms with Crippen molar-refractivity contribution in [2.75, 3.05) is 26.2 Å². The first-order valence-corrected chi connectivity index (χ1v) is 16.1. The fourth-order valence-corrected chi connectivity index (χ4v) is 9.76. The number of hydrogen-bond acceptors (Lipinski definition) is 6. The van der Waals surface area contributed by atoms with Crippen molar-refractivity contribution in [1.29, 1.82) is 0 Å². The van der Waals surface area contributed by atoms with Crippen molar-refractivity contribution in [1.82, 2.24) is 10.6 Å². The number of aliphatic hydroxyl groups excluding tert-OH is 3. The molecule has 40 heavy (non-hydrogen) atoms. The van der Waals surface area contributed by atoms with Gasteiger partial charge in [0.2, 0.25) is 5.91 Å². The molecule has 4 rings (SSSR count).